The molecular formula is C16H21NO3S. The summed E-state index contributed by atoms with van der Waals surface area (Å²) in [5.74, 6) is -0.245. The Kier molecular flexibility index (Phi) is 5.67. The quantitative estimate of drug-likeness (QED) is 0.848. The van der Waals surface area contributed by atoms with Crippen molar-refractivity contribution < 1.29 is 14.7 Å². The number of carbonyl (C=O) groups excluding carboxylic acids is 1. The molecule has 2 rings (SSSR count). The van der Waals surface area contributed by atoms with E-state index in [-0.39, 0.29) is 23.1 Å². The van der Waals surface area contributed by atoms with Crippen molar-refractivity contribution in [2.45, 2.75) is 43.2 Å². The Labute approximate surface area is 129 Å². The van der Waals surface area contributed by atoms with E-state index in [1.807, 2.05) is 37.3 Å². The largest absolute Gasteiger partial charge is 0.481 e. The Morgan fingerprint density at radius 2 is 2.05 bits per heavy atom. The van der Waals surface area contributed by atoms with Gasteiger partial charge in [-0.05, 0) is 31.7 Å². The van der Waals surface area contributed by atoms with Gasteiger partial charge in [0.15, 0.2) is 0 Å². The summed E-state index contributed by atoms with van der Waals surface area (Å²) in [7, 11) is 0. The first-order valence-electron chi connectivity index (χ1n) is 7.25. The van der Waals surface area contributed by atoms with Gasteiger partial charge < -0.3 is 10.4 Å². The summed E-state index contributed by atoms with van der Waals surface area (Å²) in [5, 5.41) is 11.8. The molecule has 2 N–H and O–H groups in total. The first-order valence-corrected chi connectivity index (χ1v) is 8.30. The van der Waals surface area contributed by atoms with Gasteiger partial charge >= 0.3 is 5.97 Å². The van der Waals surface area contributed by atoms with E-state index >= 15 is 0 Å². The zero-order valence-corrected chi connectivity index (χ0v) is 12.9. The maximum absolute atomic E-state index is 12.1. The highest BCUT2D eigenvalue weighted by molar-refractivity contribution is 7.99. The zero-order valence-electron chi connectivity index (χ0n) is 12.1. The van der Waals surface area contributed by atoms with Gasteiger partial charge in [-0.15, -0.1) is 11.8 Å². The Bertz CT molecular complexity index is 492. The van der Waals surface area contributed by atoms with Gasteiger partial charge in [-0.25, -0.2) is 0 Å². The van der Waals surface area contributed by atoms with Gasteiger partial charge in [-0.2, -0.15) is 0 Å². The molecule has 1 aromatic rings. The number of carboxylic acids is 1. The highest BCUT2D eigenvalue weighted by Crippen LogP contribution is 2.26. The van der Waals surface area contributed by atoms with Crippen molar-refractivity contribution in [1.29, 1.82) is 0 Å². The molecule has 1 saturated carbocycles. The molecule has 0 aliphatic heterocycles. The predicted octanol–water partition coefficient (Wildman–Crippen LogP) is 2.68. The second-order valence-corrected chi connectivity index (χ2v) is 6.82. The molecule has 1 fully saturated rings. The number of nitrogens with one attached hydrogen (secondary N) is 1. The van der Waals surface area contributed by atoms with Crippen LogP contribution in [0.25, 0.3) is 0 Å². The number of carbonyl (C=O) groups is 2. The van der Waals surface area contributed by atoms with Gasteiger partial charge in [0.05, 0.1) is 11.2 Å². The molecule has 0 radical (unpaired) electrons. The summed E-state index contributed by atoms with van der Waals surface area (Å²) in [6, 6.07) is 10.1. The van der Waals surface area contributed by atoms with Crippen LogP contribution in [0.1, 0.15) is 31.7 Å². The number of amides is 1. The van der Waals surface area contributed by atoms with Crippen LogP contribution < -0.4 is 5.32 Å². The molecule has 0 spiro atoms. The lowest BCUT2D eigenvalue weighted by Gasteiger charge is -2.16. The smallest absolute Gasteiger partial charge is 0.306 e. The van der Waals surface area contributed by atoms with Crippen LogP contribution in [0.2, 0.25) is 0 Å². The Morgan fingerprint density at radius 3 is 2.67 bits per heavy atom. The topological polar surface area (TPSA) is 66.4 Å². The van der Waals surface area contributed by atoms with Crippen LogP contribution >= 0.6 is 11.8 Å². The van der Waals surface area contributed by atoms with Gasteiger partial charge in [-0.1, -0.05) is 30.3 Å². The maximum Gasteiger partial charge on any atom is 0.306 e. The predicted molar refractivity (Wildman–Crippen MR) is 84.1 cm³/mol. The van der Waals surface area contributed by atoms with Crippen molar-refractivity contribution in [1.82, 2.24) is 5.32 Å². The van der Waals surface area contributed by atoms with Crippen LogP contribution in [0.5, 0.6) is 0 Å². The van der Waals surface area contributed by atoms with Crippen molar-refractivity contribution in [3.8, 4) is 0 Å². The summed E-state index contributed by atoms with van der Waals surface area (Å²) in [5.41, 5.74) is 1.20. The van der Waals surface area contributed by atoms with E-state index in [2.05, 4.69) is 5.32 Å². The Morgan fingerprint density at radius 1 is 1.33 bits per heavy atom. The number of aliphatic carboxylic acids is 1. The third kappa shape index (κ3) is 4.77. The van der Waals surface area contributed by atoms with Crippen LogP contribution in [0.4, 0.5) is 0 Å². The Hall–Kier alpha value is -1.49. The molecule has 4 nitrogen and oxygen atoms in total. The van der Waals surface area contributed by atoms with E-state index in [1.54, 1.807) is 11.8 Å². The SMILES string of the molecule is CC(SCc1ccccc1)C(=O)N[C@H]1CC[C@@H](C(=O)O)C1. The number of hydrogen-bond acceptors (Lipinski definition) is 3. The van der Waals surface area contributed by atoms with Crippen LogP contribution in [-0.2, 0) is 15.3 Å². The number of thioether (sulfide) groups is 1. The molecule has 0 aromatic heterocycles. The van der Waals surface area contributed by atoms with E-state index in [1.165, 1.54) is 5.56 Å². The van der Waals surface area contributed by atoms with Gasteiger partial charge in [0.25, 0.3) is 0 Å². The molecule has 114 valence electrons. The first-order chi connectivity index (χ1) is 10.1. The number of benzene rings is 1. The molecule has 1 aromatic carbocycles. The van der Waals surface area contributed by atoms with Crippen molar-refractivity contribution in [3.63, 3.8) is 0 Å². The van der Waals surface area contributed by atoms with E-state index < -0.39 is 5.97 Å². The molecule has 0 saturated heterocycles. The van der Waals surface area contributed by atoms with Crippen molar-refractivity contribution in [2.75, 3.05) is 0 Å². The summed E-state index contributed by atoms with van der Waals surface area (Å²) in [6.45, 7) is 1.90. The van der Waals surface area contributed by atoms with Gasteiger partial charge in [0.2, 0.25) is 5.91 Å². The van der Waals surface area contributed by atoms with E-state index in [0.29, 0.717) is 12.8 Å². The van der Waals surface area contributed by atoms with Crippen molar-refractivity contribution in [2.24, 2.45) is 5.92 Å². The minimum Gasteiger partial charge on any atom is -0.481 e. The summed E-state index contributed by atoms with van der Waals surface area (Å²) < 4.78 is 0. The lowest BCUT2D eigenvalue weighted by atomic mass is 10.1. The molecular weight excluding hydrogens is 286 g/mol. The van der Waals surface area contributed by atoms with Gasteiger partial charge in [-0.3, -0.25) is 9.59 Å². The highest BCUT2D eigenvalue weighted by Gasteiger charge is 2.31. The van der Waals surface area contributed by atoms with Crippen LogP contribution in [0.15, 0.2) is 30.3 Å². The fraction of sp³-hybridized carbons (Fsp3) is 0.500. The van der Waals surface area contributed by atoms with Crippen LogP contribution in [0, 0.1) is 5.92 Å². The number of hydrogen-bond donors (Lipinski definition) is 2. The van der Waals surface area contributed by atoms with Gasteiger partial charge in [0.1, 0.15) is 0 Å². The van der Waals surface area contributed by atoms with E-state index in [9.17, 15) is 9.59 Å². The molecule has 1 unspecified atom stereocenters. The highest BCUT2D eigenvalue weighted by atomic mass is 32.2. The molecule has 3 atom stereocenters. The third-order valence-corrected chi connectivity index (χ3v) is 5.05. The van der Waals surface area contributed by atoms with Crippen LogP contribution in [0.3, 0.4) is 0 Å². The summed E-state index contributed by atoms with van der Waals surface area (Å²) in [6.07, 6.45) is 1.97. The van der Waals surface area contributed by atoms with E-state index in [4.69, 9.17) is 5.11 Å². The molecule has 5 heteroatoms. The second kappa shape index (κ2) is 7.50. The monoisotopic (exact) mass is 307 g/mol. The fourth-order valence-corrected chi connectivity index (χ4v) is 3.38. The fourth-order valence-electron chi connectivity index (χ4n) is 2.53. The van der Waals surface area contributed by atoms with Crippen molar-refractivity contribution >= 4 is 23.6 Å². The lowest BCUT2D eigenvalue weighted by molar-refractivity contribution is -0.141. The average molecular weight is 307 g/mol. The minimum atomic E-state index is -0.752. The Balaban J connectivity index is 1.74. The van der Waals surface area contributed by atoms with Crippen molar-refractivity contribution in [3.05, 3.63) is 35.9 Å². The normalized spacial score (nSPS) is 22.7. The second-order valence-electron chi connectivity index (χ2n) is 5.49. The zero-order chi connectivity index (χ0) is 15.2. The minimum absolute atomic E-state index is 0.00645. The number of carboxylic acid groups (broad SMARTS) is 1. The first kappa shape index (κ1) is 15.9. The standard InChI is InChI=1S/C16H21NO3S/c1-11(21-10-12-5-3-2-4-6-12)15(18)17-14-8-7-13(9-14)16(19)20/h2-6,11,13-14H,7-10H2,1H3,(H,17,18)(H,19,20)/t11?,13-,14+/m1/s1. The molecule has 1 aliphatic rings. The average Bonchev–Trinajstić information content (AvgIpc) is 2.94. The maximum atomic E-state index is 12.1. The third-order valence-electron chi connectivity index (χ3n) is 3.84. The van der Waals surface area contributed by atoms with E-state index in [0.717, 1.165) is 12.2 Å². The lowest BCUT2D eigenvalue weighted by Crippen LogP contribution is -2.38. The van der Waals surface area contributed by atoms with Gasteiger partial charge in [0, 0.05) is 11.8 Å². The number of rotatable bonds is 6. The summed E-state index contributed by atoms with van der Waals surface area (Å²) in [4.78, 5) is 23.0. The summed E-state index contributed by atoms with van der Waals surface area (Å²) >= 11 is 1.60. The molecule has 21 heavy (non-hydrogen) atoms. The molecule has 0 bridgehead atoms. The molecule has 1 amide bonds. The molecule has 1 aliphatic carbocycles. The molecule has 0 heterocycles. The van der Waals surface area contributed by atoms with Crippen LogP contribution in [-0.4, -0.2) is 28.3 Å².